The second-order valence-electron chi connectivity index (χ2n) is 7.86. The molecule has 5 rings (SSSR count). The number of ether oxygens (including phenoxy) is 2. The van der Waals surface area contributed by atoms with Gasteiger partial charge < -0.3 is 14.0 Å². The first kappa shape index (κ1) is 19.5. The topological polar surface area (TPSA) is 87.8 Å². The molecule has 36 heavy (non-hydrogen) atoms. The van der Waals surface area contributed by atoms with Crippen molar-refractivity contribution >= 4 is 11.0 Å². The predicted octanol–water partition coefficient (Wildman–Crippen LogP) is 5.03. The minimum absolute atomic E-state index is 0.00463. The van der Waals surface area contributed by atoms with Crippen molar-refractivity contribution in [3.63, 3.8) is 0 Å². The lowest BCUT2D eigenvalue weighted by Crippen LogP contribution is -1.99. The summed E-state index contributed by atoms with van der Waals surface area (Å²) >= 11 is 0. The zero-order valence-corrected chi connectivity index (χ0v) is 19.6. The van der Waals surface area contributed by atoms with Gasteiger partial charge in [-0.15, -0.1) is 6.42 Å². The number of hydrogen-bond acceptors (Lipinski definition) is 7. The lowest BCUT2D eigenvalue weighted by Gasteiger charge is -2.13. The van der Waals surface area contributed by atoms with Crippen LogP contribution >= 0.6 is 0 Å². The third kappa shape index (κ3) is 3.88. The molecule has 0 atom stereocenters. The van der Waals surface area contributed by atoms with Gasteiger partial charge in [0.05, 0.1) is 24.1 Å². The van der Waals surface area contributed by atoms with Crippen LogP contribution in [0.5, 0.6) is 17.5 Å². The van der Waals surface area contributed by atoms with Gasteiger partial charge in [-0.3, -0.25) is 0 Å². The highest BCUT2D eigenvalue weighted by molar-refractivity contribution is 6.05. The largest absolute Gasteiger partial charge is 0.496 e. The van der Waals surface area contributed by atoms with Crippen LogP contribution in [0, 0.1) is 32.0 Å². The molecule has 0 aliphatic rings. The molecule has 0 N–H and O–H groups in total. The standard InChI is InChI=1S/C27H21FN6O2/c1-6-18-12-22(35-5)19(13-30-18)25-24(23-16(3)31-14-32-26(23)34(25)4)17-7-8-21(20(28)11-17)36-27-29-10-9-15(2)33-27/h1,7-14H,2-5H3/i4D3. The molecule has 0 spiro atoms. The van der Waals surface area contributed by atoms with Gasteiger partial charge in [-0.05, 0) is 37.6 Å². The number of pyridine rings is 1. The summed E-state index contributed by atoms with van der Waals surface area (Å²) in [4.78, 5) is 21.0. The van der Waals surface area contributed by atoms with Gasteiger partial charge in [0.1, 0.15) is 23.4 Å². The summed E-state index contributed by atoms with van der Waals surface area (Å²) in [6.45, 7) is 0.813. The molecule has 1 aromatic carbocycles. The van der Waals surface area contributed by atoms with Gasteiger partial charge in [-0.2, -0.15) is 0 Å². The van der Waals surface area contributed by atoms with Gasteiger partial charge in [0.2, 0.25) is 0 Å². The summed E-state index contributed by atoms with van der Waals surface area (Å²) < 4.78 is 52.7. The molecule has 178 valence electrons. The molecule has 9 heteroatoms. The molecule has 0 saturated carbocycles. The number of aromatic nitrogens is 6. The van der Waals surface area contributed by atoms with Crippen molar-refractivity contribution in [3.8, 4) is 52.2 Å². The van der Waals surface area contributed by atoms with Crippen molar-refractivity contribution in [2.75, 3.05) is 7.11 Å². The normalized spacial score (nSPS) is 12.5. The Morgan fingerprint density at radius 3 is 2.67 bits per heavy atom. The monoisotopic (exact) mass is 483 g/mol. The maximum atomic E-state index is 15.5. The molecule has 5 aromatic rings. The number of rotatable bonds is 5. The second kappa shape index (κ2) is 9.07. The first-order valence-corrected chi connectivity index (χ1v) is 10.8. The first-order valence-electron chi connectivity index (χ1n) is 12.3. The summed E-state index contributed by atoms with van der Waals surface area (Å²) in [5.74, 6) is 1.92. The molecule has 0 amide bonds. The number of terminal acetylenes is 1. The molecule has 4 heterocycles. The van der Waals surface area contributed by atoms with Crippen LogP contribution in [-0.2, 0) is 6.98 Å². The molecule has 0 radical (unpaired) electrons. The number of fused-ring (bicyclic) bond motifs is 1. The van der Waals surface area contributed by atoms with Crippen molar-refractivity contribution in [1.29, 1.82) is 0 Å². The molecule has 0 aliphatic carbocycles. The van der Waals surface area contributed by atoms with E-state index in [1.807, 2.05) is 0 Å². The Morgan fingerprint density at radius 2 is 1.94 bits per heavy atom. The average molecular weight is 484 g/mol. The van der Waals surface area contributed by atoms with Crippen LogP contribution in [0.25, 0.3) is 33.4 Å². The lowest BCUT2D eigenvalue weighted by atomic mass is 9.98. The van der Waals surface area contributed by atoms with Crippen molar-refractivity contribution in [3.05, 3.63) is 72.0 Å². The van der Waals surface area contributed by atoms with Crippen LogP contribution in [0.3, 0.4) is 0 Å². The lowest BCUT2D eigenvalue weighted by molar-refractivity contribution is 0.410. The van der Waals surface area contributed by atoms with E-state index in [-0.39, 0.29) is 28.9 Å². The quantitative estimate of drug-likeness (QED) is 0.324. The Labute approximate surface area is 211 Å². The number of methoxy groups -OCH3 is 1. The summed E-state index contributed by atoms with van der Waals surface area (Å²) in [6, 6.07) is 7.49. The molecule has 0 saturated heterocycles. The van der Waals surface area contributed by atoms with Crippen LogP contribution in [0.15, 0.2) is 49.1 Å². The van der Waals surface area contributed by atoms with Gasteiger partial charge >= 0.3 is 6.01 Å². The third-order valence-electron chi connectivity index (χ3n) is 5.62. The highest BCUT2D eigenvalue weighted by atomic mass is 19.1. The zero-order valence-electron chi connectivity index (χ0n) is 22.6. The molecule has 0 bridgehead atoms. The van der Waals surface area contributed by atoms with E-state index >= 15 is 4.39 Å². The number of nitrogens with zero attached hydrogens (tertiary/aromatic N) is 6. The zero-order chi connectivity index (χ0) is 27.9. The molecule has 0 unspecified atom stereocenters. The van der Waals surface area contributed by atoms with E-state index in [0.29, 0.717) is 39.2 Å². The van der Waals surface area contributed by atoms with Crippen LogP contribution in [-0.4, -0.2) is 36.6 Å². The molecular weight excluding hydrogens is 459 g/mol. The Hall–Kier alpha value is -4.84. The van der Waals surface area contributed by atoms with E-state index in [9.17, 15) is 0 Å². The number of aryl methyl sites for hydroxylation is 3. The minimum atomic E-state index is -2.67. The molecule has 0 aliphatic heterocycles. The highest BCUT2D eigenvalue weighted by Crippen LogP contribution is 2.44. The van der Waals surface area contributed by atoms with E-state index in [2.05, 4.69) is 30.8 Å². The minimum Gasteiger partial charge on any atom is -0.496 e. The van der Waals surface area contributed by atoms with Crippen molar-refractivity contribution in [1.82, 2.24) is 29.5 Å². The van der Waals surface area contributed by atoms with Gasteiger partial charge in [0.15, 0.2) is 11.6 Å². The van der Waals surface area contributed by atoms with Crippen molar-refractivity contribution in [2.24, 2.45) is 6.98 Å². The Bertz CT molecular complexity index is 1780. The fourth-order valence-corrected chi connectivity index (χ4v) is 3.97. The summed E-state index contributed by atoms with van der Waals surface area (Å²) in [5, 5.41) is 0.432. The number of halogens is 1. The first-order chi connectivity index (χ1) is 18.6. The molecule has 0 fully saturated rings. The highest BCUT2D eigenvalue weighted by Gasteiger charge is 2.25. The van der Waals surface area contributed by atoms with E-state index in [0.717, 1.165) is 4.57 Å². The van der Waals surface area contributed by atoms with Crippen LogP contribution in [0.1, 0.15) is 21.2 Å². The van der Waals surface area contributed by atoms with Gasteiger partial charge in [0.25, 0.3) is 0 Å². The summed E-state index contributed by atoms with van der Waals surface area (Å²) in [6.07, 6.45) is 9.73. The molecule has 4 aromatic heterocycles. The van der Waals surface area contributed by atoms with Crippen molar-refractivity contribution in [2.45, 2.75) is 13.8 Å². The van der Waals surface area contributed by atoms with E-state index in [4.69, 9.17) is 20.0 Å². The summed E-state index contributed by atoms with van der Waals surface area (Å²) in [7, 11) is 1.44. The number of hydrogen-bond donors (Lipinski definition) is 0. The van der Waals surface area contributed by atoms with Gasteiger partial charge in [0, 0.05) is 46.2 Å². The number of benzene rings is 1. The Balaban J connectivity index is 1.81. The molecule has 8 nitrogen and oxygen atoms in total. The Morgan fingerprint density at radius 1 is 1.08 bits per heavy atom. The fraction of sp³-hybridized carbons (Fsp3) is 0.148. The van der Waals surface area contributed by atoms with Crippen molar-refractivity contribution < 1.29 is 18.0 Å². The van der Waals surface area contributed by atoms with E-state index in [1.165, 1.54) is 44.0 Å². The maximum Gasteiger partial charge on any atom is 0.322 e. The van der Waals surface area contributed by atoms with Crippen LogP contribution < -0.4 is 9.47 Å². The fourth-order valence-electron chi connectivity index (χ4n) is 3.97. The van der Waals surface area contributed by atoms with Crippen LogP contribution in [0.2, 0.25) is 0 Å². The SMILES string of the molecule is [2H]C([2H])([2H])n1c(-c2cnc(C#C)cc2OC)c(-c2ccc(Oc3nccc(C)n3)c(F)c2)c2c(C)ncnc21. The third-order valence-corrected chi connectivity index (χ3v) is 5.62. The smallest absolute Gasteiger partial charge is 0.322 e. The Kier molecular flexibility index (Phi) is 4.91. The van der Waals surface area contributed by atoms with Crippen LogP contribution in [0.4, 0.5) is 4.39 Å². The maximum absolute atomic E-state index is 15.5. The van der Waals surface area contributed by atoms with Gasteiger partial charge in [-0.25, -0.2) is 29.3 Å². The van der Waals surface area contributed by atoms with Gasteiger partial charge in [-0.1, -0.05) is 12.0 Å². The van der Waals surface area contributed by atoms with E-state index in [1.54, 1.807) is 26.0 Å². The average Bonchev–Trinajstić information content (AvgIpc) is 3.26. The molecular formula is C27H21FN6O2. The predicted molar refractivity (Wildman–Crippen MR) is 133 cm³/mol. The second-order valence-corrected chi connectivity index (χ2v) is 7.86. The van der Waals surface area contributed by atoms with E-state index < -0.39 is 12.8 Å². The summed E-state index contributed by atoms with van der Waals surface area (Å²) in [5.41, 5.74) is 2.86.